The number of methoxy groups -OCH3 is 1. The van der Waals surface area contributed by atoms with Gasteiger partial charge >= 0.3 is 0 Å². The van der Waals surface area contributed by atoms with Crippen molar-refractivity contribution in [2.24, 2.45) is 0 Å². The number of hydrogen-bond donors (Lipinski definition) is 2. The minimum atomic E-state index is -0.0345. The number of thioether (sulfide) groups is 1. The first-order valence-electron chi connectivity index (χ1n) is 12.0. The summed E-state index contributed by atoms with van der Waals surface area (Å²) in [6.07, 6.45) is 0.352. The molecule has 0 spiro atoms. The summed E-state index contributed by atoms with van der Waals surface area (Å²) in [5.41, 5.74) is 2.67. The van der Waals surface area contributed by atoms with Gasteiger partial charge in [0.25, 0.3) is 0 Å². The molecule has 1 aromatic heterocycles. The second-order valence-corrected chi connectivity index (χ2v) is 9.36. The quantitative estimate of drug-likeness (QED) is 0.219. The zero-order chi connectivity index (χ0) is 25.5. The molecule has 37 heavy (non-hydrogen) atoms. The van der Waals surface area contributed by atoms with Gasteiger partial charge in [-0.05, 0) is 35.7 Å². The summed E-state index contributed by atoms with van der Waals surface area (Å²) >= 11 is 1.51. The maximum Gasteiger partial charge on any atom is 0.225 e. The number of ether oxygens (including phenoxy) is 1. The fraction of sp³-hybridized carbons (Fsp3) is 0.138. The number of fused-ring (bicyclic) bond motifs is 1. The molecule has 0 radical (unpaired) electrons. The molecule has 0 aliphatic heterocycles. The molecule has 0 aliphatic carbocycles. The first-order valence-corrected chi connectivity index (χ1v) is 13.0. The highest BCUT2D eigenvalue weighted by Crippen LogP contribution is 2.27. The highest BCUT2D eigenvalue weighted by Gasteiger charge is 2.16. The highest BCUT2D eigenvalue weighted by atomic mass is 32.2. The lowest BCUT2D eigenvalue weighted by atomic mass is 10.1. The lowest BCUT2D eigenvalue weighted by Gasteiger charge is -2.13. The molecule has 0 atom stereocenters. The van der Waals surface area contributed by atoms with Crippen molar-refractivity contribution in [2.75, 3.05) is 23.5 Å². The van der Waals surface area contributed by atoms with Crippen LogP contribution < -0.4 is 15.4 Å². The van der Waals surface area contributed by atoms with Gasteiger partial charge in [0.15, 0.2) is 11.0 Å². The van der Waals surface area contributed by atoms with Gasteiger partial charge in [0, 0.05) is 28.9 Å². The second-order valence-electron chi connectivity index (χ2n) is 8.30. The average molecular weight is 510 g/mol. The number of carbonyl (C=O) groups is 1. The van der Waals surface area contributed by atoms with E-state index in [4.69, 9.17) is 4.74 Å². The van der Waals surface area contributed by atoms with E-state index < -0.39 is 0 Å². The van der Waals surface area contributed by atoms with Crippen molar-refractivity contribution >= 4 is 39.8 Å². The number of nitrogens with one attached hydrogen (secondary N) is 2. The van der Waals surface area contributed by atoms with Crippen molar-refractivity contribution in [3.05, 3.63) is 103 Å². The fourth-order valence-corrected chi connectivity index (χ4v) is 5.00. The fourth-order valence-electron chi connectivity index (χ4n) is 4.09. The molecule has 0 unspecified atom stereocenters. The van der Waals surface area contributed by atoms with Crippen molar-refractivity contribution < 1.29 is 9.53 Å². The molecule has 0 bridgehead atoms. The SMILES string of the molecule is COc1ccccc1NCc1nnc(SCCC(=O)Nc2cccc3ccccc23)n1-c1ccccc1. The zero-order valence-electron chi connectivity index (χ0n) is 20.4. The summed E-state index contributed by atoms with van der Waals surface area (Å²) in [7, 11) is 1.65. The van der Waals surface area contributed by atoms with Crippen LogP contribution in [0.25, 0.3) is 16.5 Å². The first-order chi connectivity index (χ1) is 18.2. The summed E-state index contributed by atoms with van der Waals surface area (Å²) < 4.78 is 7.47. The maximum absolute atomic E-state index is 12.7. The number of amides is 1. The third-order valence-electron chi connectivity index (χ3n) is 5.88. The predicted molar refractivity (Wildman–Crippen MR) is 150 cm³/mol. The Morgan fingerprint density at radius 2 is 1.59 bits per heavy atom. The second kappa shape index (κ2) is 11.6. The highest BCUT2D eigenvalue weighted by molar-refractivity contribution is 7.99. The Kier molecular flexibility index (Phi) is 7.66. The van der Waals surface area contributed by atoms with Crippen LogP contribution in [0.2, 0.25) is 0 Å². The van der Waals surface area contributed by atoms with Gasteiger partial charge in [-0.15, -0.1) is 10.2 Å². The van der Waals surface area contributed by atoms with Gasteiger partial charge in [-0.1, -0.05) is 78.5 Å². The summed E-state index contributed by atoms with van der Waals surface area (Å²) in [6.45, 7) is 0.463. The van der Waals surface area contributed by atoms with Crippen molar-refractivity contribution in [3.8, 4) is 11.4 Å². The summed E-state index contributed by atoms with van der Waals surface area (Å²) in [5.74, 6) is 2.06. The molecule has 5 rings (SSSR count). The molecule has 0 fully saturated rings. The molecule has 1 heterocycles. The summed E-state index contributed by atoms with van der Waals surface area (Å²) in [6, 6.07) is 31.7. The van der Waals surface area contributed by atoms with Gasteiger partial charge in [-0.2, -0.15) is 0 Å². The largest absolute Gasteiger partial charge is 0.495 e. The van der Waals surface area contributed by atoms with Crippen LogP contribution in [0.5, 0.6) is 5.75 Å². The van der Waals surface area contributed by atoms with E-state index in [0.29, 0.717) is 18.7 Å². The van der Waals surface area contributed by atoms with E-state index in [1.807, 2.05) is 102 Å². The Bertz CT molecular complexity index is 1500. The van der Waals surface area contributed by atoms with Gasteiger partial charge in [-0.3, -0.25) is 9.36 Å². The Hall–Kier alpha value is -4.30. The molecular weight excluding hydrogens is 482 g/mol. The molecule has 1 amide bonds. The number of aromatic nitrogens is 3. The molecule has 5 aromatic rings. The Morgan fingerprint density at radius 3 is 2.46 bits per heavy atom. The van der Waals surface area contributed by atoms with Crippen molar-refractivity contribution in [2.45, 2.75) is 18.1 Å². The average Bonchev–Trinajstić information content (AvgIpc) is 3.35. The predicted octanol–water partition coefficient (Wildman–Crippen LogP) is 6.16. The number of anilines is 2. The number of nitrogens with zero attached hydrogens (tertiary/aromatic N) is 3. The van der Waals surface area contributed by atoms with Crippen molar-refractivity contribution in [1.82, 2.24) is 14.8 Å². The van der Waals surface area contributed by atoms with Gasteiger partial charge < -0.3 is 15.4 Å². The summed E-state index contributed by atoms with van der Waals surface area (Å²) in [5, 5.41) is 18.2. The van der Waals surface area contributed by atoms with Crippen LogP contribution in [0.1, 0.15) is 12.2 Å². The third kappa shape index (κ3) is 5.76. The van der Waals surface area contributed by atoms with Crippen LogP contribution >= 0.6 is 11.8 Å². The Morgan fingerprint density at radius 1 is 0.865 bits per heavy atom. The molecule has 0 saturated carbocycles. The number of para-hydroxylation sites is 3. The maximum atomic E-state index is 12.7. The van der Waals surface area contributed by atoms with Crippen molar-refractivity contribution in [3.63, 3.8) is 0 Å². The number of rotatable bonds is 10. The number of carbonyl (C=O) groups excluding carboxylic acids is 1. The zero-order valence-corrected chi connectivity index (χ0v) is 21.2. The Labute approximate surface area is 219 Å². The minimum absolute atomic E-state index is 0.0345. The Balaban J connectivity index is 1.27. The van der Waals surface area contributed by atoms with Crippen molar-refractivity contribution in [1.29, 1.82) is 0 Å². The van der Waals surface area contributed by atoms with Crippen LogP contribution in [-0.2, 0) is 11.3 Å². The molecule has 8 heteroatoms. The standard InChI is InChI=1S/C29H27N5O2S/c1-36-26-17-8-7-15-25(26)30-20-27-32-33-29(34(27)22-12-3-2-4-13-22)37-19-18-28(35)31-24-16-9-11-21-10-5-6-14-23(21)24/h2-17,30H,18-20H2,1H3,(H,31,35). The van der Waals surface area contributed by atoms with E-state index in [-0.39, 0.29) is 5.91 Å². The topological polar surface area (TPSA) is 81.1 Å². The lowest BCUT2D eigenvalue weighted by molar-refractivity contribution is -0.115. The molecule has 4 aromatic carbocycles. The van der Waals surface area contributed by atoms with Crippen LogP contribution in [0, 0.1) is 0 Å². The minimum Gasteiger partial charge on any atom is -0.495 e. The van der Waals surface area contributed by atoms with Gasteiger partial charge in [0.2, 0.25) is 5.91 Å². The molecule has 0 saturated heterocycles. The van der Waals surface area contributed by atoms with E-state index in [2.05, 4.69) is 20.8 Å². The number of hydrogen-bond acceptors (Lipinski definition) is 6. The molecule has 2 N–H and O–H groups in total. The molecule has 7 nitrogen and oxygen atoms in total. The lowest BCUT2D eigenvalue weighted by Crippen LogP contribution is -2.13. The van der Waals surface area contributed by atoms with E-state index in [0.717, 1.165) is 44.6 Å². The van der Waals surface area contributed by atoms with Crippen LogP contribution in [0.15, 0.2) is 102 Å². The van der Waals surface area contributed by atoms with E-state index in [1.54, 1.807) is 7.11 Å². The molecular formula is C29H27N5O2S. The normalized spacial score (nSPS) is 10.8. The molecule has 186 valence electrons. The van der Waals surface area contributed by atoms with Crippen LogP contribution in [-0.4, -0.2) is 33.5 Å². The van der Waals surface area contributed by atoms with Gasteiger partial charge in [-0.25, -0.2) is 0 Å². The summed E-state index contributed by atoms with van der Waals surface area (Å²) in [4.78, 5) is 12.7. The van der Waals surface area contributed by atoms with Crippen LogP contribution in [0.4, 0.5) is 11.4 Å². The van der Waals surface area contributed by atoms with E-state index >= 15 is 0 Å². The van der Waals surface area contributed by atoms with E-state index in [1.165, 1.54) is 11.8 Å². The smallest absolute Gasteiger partial charge is 0.225 e. The van der Waals surface area contributed by atoms with E-state index in [9.17, 15) is 4.79 Å². The molecule has 0 aliphatic rings. The monoisotopic (exact) mass is 509 g/mol. The number of benzene rings is 4. The third-order valence-corrected chi connectivity index (χ3v) is 6.81. The van der Waals surface area contributed by atoms with Gasteiger partial charge in [0.1, 0.15) is 5.75 Å². The van der Waals surface area contributed by atoms with Gasteiger partial charge in [0.05, 0.1) is 19.3 Å². The van der Waals surface area contributed by atoms with Crippen LogP contribution in [0.3, 0.4) is 0 Å². The first kappa shape index (κ1) is 24.4.